The number of hydrogen-bond acceptors (Lipinski definition) is 3. The summed E-state index contributed by atoms with van der Waals surface area (Å²) in [4.78, 5) is 18.7. The molecule has 0 aliphatic carbocycles. The number of alkyl halides is 3. The molecule has 5 nitrogen and oxygen atoms in total. The van der Waals surface area contributed by atoms with E-state index in [1.807, 2.05) is 6.92 Å². The summed E-state index contributed by atoms with van der Waals surface area (Å²) >= 11 is 5.90. The Labute approximate surface area is 169 Å². The number of rotatable bonds is 2. The molecule has 0 bridgehead atoms. The van der Waals surface area contributed by atoms with Crippen LogP contribution in [0.1, 0.15) is 35.0 Å². The molecule has 3 aromatic rings. The van der Waals surface area contributed by atoms with Crippen molar-refractivity contribution in [2.45, 2.75) is 25.6 Å². The maximum absolute atomic E-state index is 13.0. The second-order valence-corrected chi connectivity index (χ2v) is 7.36. The van der Waals surface area contributed by atoms with E-state index < -0.39 is 11.7 Å². The molecule has 0 saturated heterocycles. The Morgan fingerprint density at radius 1 is 1.28 bits per heavy atom. The molecular formula is C20H16ClF3N4O. The molecule has 0 saturated carbocycles. The average Bonchev–Trinajstić information content (AvgIpc) is 3.10. The van der Waals surface area contributed by atoms with E-state index in [2.05, 4.69) is 10.1 Å². The smallest absolute Gasteiger partial charge is 0.330 e. The Hall–Kier alpha value is -2.87. The third-order valence-corrected chi connectivity index (χ3v) is 5.10. The van der Waals surface area contributed by atoms with E-state index in [0.29, 0.717) is 22.7 Å². The van der Waals surface area contributed by atoms with Crippen molar-refractivity contribution in [1.82, 2.24) is 19.5 Å². The van der Waals surface area contributed by atoms with Crippen molar-refractivity contribution in [1.29, 1.82) is 0 Å². The van der Waals surface area contributed by atoms with Gasteiger partial charge in [0.15, 0.2) is 11.3 Å². The molecule has 1 atom stereocenters. The zero-order valence-corrected chi connectivity index (χ0v) is 16.1. The number of amides is 1. The number of carbonyl (C=O) groups is 1. The molecular weight excluding hydrogens is 405 g/mol. The predicted molar refractivity (Wildman–Crippen MR) is 103 cm³/mol. The molecule has 1 aromatic carbocycles. The highest BCUT2D eigenvalue weighted by atomic mass is 35.5. The monoisotopic (exact) mass is 420 g/mol. The fourth-order valence-electron chi connectivity index (χ4n) is 3.42. The first-order chi connectivity index (χ1) is 13.7. The van der Waals surface area contributed by atoms with Gasteiger partial charge in [0.1, 0.15) is 0 Å². The van der Waals surface area contributed by atoms with Crippen LogP contribution in [-0.4, -0.2) is 38.0 Å². The number of aromatic nitrogens is 3. The van der Waals surface area contributed by atoms with E-state index in [1.54, 1.807) is 29.3 Å². The zero-order chi connectivity index (χ0) is 20.8. The molecule has 1 unspecified atom stereocenters. The van der Waals surface area contributed by atoms with Crippen LogP contribution in [0.25, 0.3) is 11.2 Å². The Kier molecular flexibility index (Phi) is 4.82. The third kappa shape index (κ3) is 3.85. The van der Waals surface area contributed by atoms with Gasteiger partial charge in [0.05, 0.1) is 16.8 Å². The molecule has 0 radical (unpaired) electrons. The van der Waals surface area contributed by atoms with Crippen LogP contribution in [0.5, 0.6) is 0 Å². The third-order valence-electron chi connectivity index (χ3n) is 4.90. The molecule has 1 aliphatic heterocycles. The Bertz CT molecular complexity index is 1120. The van der Waals surface area contributed by atoms with Crippen molar-refractivity contribution in [3.8, 4) is 0 Å². The number of hydrogen-bond donors (Lipinski definition) is 0. The van der Waals surface area contributed by atoms with E-state index in [1.165, 1.54) is 16.8 Å². The summed E-state index contributed by atoms with van der Waals surface area (Å²) in [5.74, 6) is -0.265. The van der Waals surface area contributed by atoms with Crippen molar-refractivity contribution < 1.29 is 18.0 Å². The van der Waals surface area contributed by atoms with E-state index in [0.717, 1.165) is 17.7 Å². The van der Waals surface area contributed by atoms with Gasteiger partial charge in [-0.1, -0.05) is 29.8 Å². The van der Waals surface area contributed by atoms with Gasteiger partial charge in [0, 0.05) is 24.8 Å². The van der Waals surface area contributed by atoms with Gasteiger partial charge in [-0.2, -0.15) is 18.3 Å². The van der Waals surface area contributed by atoms with Crippen LogP contribution >= 0.6 is 11.6 Å². The summed E-state index contributed by atoms with van der Waals surface area (Å²) in [6.45, 7) is 2.15. The lowest BCUT2D eigenvalue weighted by molar-refractivity contribution is -0.137. The van der Waals surface area contributed by atoms with Gasteiger partial charge in [0.25, 0.3) is 5.91 Å². The standard InChI is InChI=1S/C20H16ClF3N4O/c1-12-7-14(13-3-2-4-15(8-13)20(22,23)24)5-6-27(12)19(29)17-9-18-25-10-16(21)11-28(18)26-17/h2-5,8-12H,6-7H2,1H3. The molecule has 3 heterocycles. The molecule has 4 rings (SSSR count). The van der Waals surface area contributed by atoms with Gasteiger partial charge in [-0.25, -0.2) is 9.50 Å². The summed E-state index contributed by atoms with van der Waals surface area (Å²) in [7, 11) is 0. The van der Waals surface area contributed by atoms with Crippen LogP contribution in [0.15, 0.2) is 48.8 Å². The molecule has 1 amide bonds. The largest absolute Gasteiger partial charge is 0.416 e. The fraction of sp³-hybridized carbons (Fsp3) is 0.250. The van der Waals surface area contributed by atoms with Gasteiger partial charge in [-0.3, -0.25) is 4.79 Å². The predicted octanol–water partition coefficient (Wildman–Crippen LogP) is 4.72. The quantitative estimate of drug-likeness (QED) is 0.602. The number of benzene rings is 1. The maximum Gasteiger partial charge on any atom is 0.416 e. The van der Waals surface area contributed by atoms with Crippen LogP contribution < -0.4 is 0 Å². The van der Waals surface area contributed by atoms with Crippen LogP contribution in [-0.2, 0) is 6.18 Å². The van der Waals surface area contributed by atoms with Gasteiger partial charge in [-0.05, 0) is 36.6 Å². The molecule has 2 aromatic heterocycles. The molecule has 0 N–H and O–H groups in total. The highest BCUT2D eigenvalue weighted by Gasteiger charge is 2.32. The highest BCUT2D eigenvalue weighted by molar-refractivity contribution is 6.30. The SMILES string of the molecule is CC1CC(c2cccc(C(F)(F)F)c2)=CCN1C(=O)c1cc2ncc(Cl)cn2n1. The number of halogens is 4. The van der Waals surface area contributed by atoms with Crippen LogP contribution in [0.2, 0.25) is 5.02 Å². The minimum atomic E-state index is -4.39. The molecule has 29 heavy (non-hydrogen) atoms. The lowest BCUT2D eigenvalue weighted by Gasteiger charge is -2.32. The maximum atomic E-state index is 13.0. The minimum absolute atomic E-state index is 0.196. The van der Waals surface area contributed by atoms with Crippen LogP contribution in [0.4, 0.5) is 13.2 Å². The first-order valence-electron chi connectivity index (χ1n) is 8.91. The van der Waals surface area contributed by atoms with Crippen molar-refractivity contribution in [3.63, 3.8) is 0 Å². The van der Waals surface area contributed by atoms with Gasteiger partial charge >= 0.3 is 6.18 Å². The second kappa shape index (κ2) is 7.18. The van der Waals surface area contributed by atoms with E-state index in [4.69, 9.17) is 11.6 Å². The van der Waals surface area contributed by atoms with Gasteiger partial charge in [-0.15, -0.1) is 0 Å². The summed E-state index contributed by atoms with van der Waals surface area (Å²) in [5.41, 5.74) is 1.37. The summed E-state index contributed by atoms with van der Waals surface area (Å²) in [5, 5.41) is 4.63. The van der Waals surface area contributed by atoms with Crippen molar-refractivity contribution in [3.05, 3.63) is 70.6 Å². The fourth-order valence-corrected chi connectivity index (χ4v) is 3.56. The van der Waals surface area contributed by atoms with Crippen LogP contribution in [0, 0.1) is 0 Å². The topological polar surface area (TPSA) is 50.5 Å². The Morgan fingerprint density at radius 3 is 2.79 bits per heavy atom. The van der Waals surface area contributed by atoms with Crippen molar-refractivity contribution in [2.75, 3.05) is 6.54 Å². The molecule has 9 heteroatoms. The number of nitrogens with zero attached hydrogens (tertiary/aromatic N) is 4. The first kappa shape index (κ1) is 19.4. The normalized spacial score (nSPS) is 17.5. The molecule has 150 valence electrons. The Morgan fingerprint density at radius 2 is 2.07 bits per heavy atom. The van der Waals surface area contributed by atoms with Crippen molar-refractivity contribution >= 4 is 28.7 Å². The Balaban J connectivity index is 1.57. The van der Waals surface area contributed by atoms with Crippen molar-refractivity contribution in [2.24, 2.45) is 0 Å². The highest BCUT2D eigenvalue weighted by Crippen LogP contribution is 2.33. The minimum Gasteiger partial charge on any atom is -0.330 e. The van der Waals surface area contributed by atoms with Gasteiger partial charge in [0.2, 0.25) is 0 Å². The van der Waals surface area contributed by atoms with Crippen LogP contribution in [0.3, 0.4) is 0 Å². The lowest BCUT2D eigenvalue weighted by atomic mass is 9.93. The van der Waals surface area contributed by atoms with E-state index in [9.17, 15) is 18.0 Å². The summed E-state index contributed by atoms with van der Waals surface area (Å²) < 4.78 is 40.4. The number of fused-ring (bicyclic) bond motifs is 1. The summed E-state index contributed by atoms with van der Waals surface area (Å²) in [6.07, 6.45) is 0.883. The molecule has 0 spiro atoms. The zero-order valence-electron chi connectivity index (χ0n) is 15.3. The average molecular weight is 421 g/mol. The molecule has 0 fully saturated rings. The number of carbonyl (C=O) groups excluding carboxylic acids is 1. The first-order valence-corrected chi connectivity index (χ1v) is 9.29. The lowest BCUT2D eigenvalue weighted by Crippen LogP contribution is -2.41. The summed E-state index contributed by atoms with van der Waals surface area (Å²) in [6, 6.07) is 6.64. The van der Waals surface area contributed by atoms with E-state index in [-0.39, 0.29) is 24.2 Å². The van der Waals surface area contributed by atoms with E-state index >= 15 is 0 Å². The second-order valence-electron chi connectivity index (χ2n) is 6.92. The van der Waals surface area contributed by atoms with Gasteiger partial charge < -0.3 is 4.90 Å². The molecule has 1 aliphatic rings.